The quantitative estimate of drug-likeness (QED) is 0.850. The highest BCUT2D eigenvalue weighted by Gasteiger charge is 2.21. The van der Waals surface area contributed by atoms with Gasteiger partial charge in [0, 0.05) is 31.9 Å². The van der Waals surface area contributed by atoms with E-state index in [1.54, 1.807) is 7.11 Å². The van der Waals surface area contributed by atoms with Gasteiger partial charge >= 0.3 is 0 Å². The molecule has 2 aromatic carbocycles. The fourth-order valence-electron chi connectivity index (χ4n) is 3.30. The lowest BCUT2D eigenvalue weighted by molar-refractivity contribution is -0.117. The molecule has 0 unspecified atom stereocenters. The molecule has 1 saturated heterocycles. The third kappa shape index (κ3) is 5.37. The Hall–Kier alpha value is -2.24. The summed E-state index contributed by atoms with van der Waals surface area (Å²) in [6.45, 7) is 7.96. The van der Waals surface area contributed by atoms with Crippen LogP contribution in [0.1, 0.15) is 11.1 Å². The van der Waals surface area contributed by atoms with Crippen LogP contribution < -0.4 is 15.0 Å². The van der Waals surface area contributed by atoms with Crippen molar-refractivity contribution in [3.8, 4) is 5.75 Å². The second kappa shape index (κ2) is 9.62. The average Bonchev–Trinajstić information content (AvgIpc) is 2.65. The molecule has 1 N–H and O–H groups in total. The van der Waals surface area contributed by atoms with E-state index in [4.69, 9.17) is 4.74 Å². The first-order chi connectivity index (χ1) is 12.6. The number of methoxy groups -OCH3 is 1. The highest BCUT2D eigenvalue weighted by Crippen LogP contribution is 2.28. The smallest absolute Gasteiger partial charge is 0.238 e. The molecule has 2 aromatic rings. The number of anilines is 2. The van der Waals surface area contributed by atoms with E-state index < -0.39 is 0 Å². The fraction of sp³-hybridized carbons (Fsp3) is 0.381. The maximum atomic E-state index is 12.4. The third-order valence-electron chi connectivity index (χ3n) is 4.83. The van der Waals surface area contributed by atoms with Gasteiger partial charge in [-0.15, -0.1) is 12.4 Å². The molecule has 0 saturated carbocycles. The Labute approximate surface area is 167 Å². The number of hydrogen-bond donors (Lipinski definition) is 1. The maximum Gasteiger partial charge on any atom is 0.238 e. The zero-order valence-corrected chi connectivity index (χ0v) is 17.0. The second-order valence-electron chi connectivity index (χ2n) is 6.80. The Morgan fingerprint density at radius 2 is 1.78 bits per heavy atom. The van der Waals surface area contributed by atoms with Crippen LogP contribution in [0.3, 0.4) is 0 Å². The topological polar surface area (TPSA) is 44.8 Å². The molecule has 0 radical (unpaired) electrons. The Morgan fingerprint density at radius 3 is 2.48 bits per heavy atom. The lowest BCUT2D eigenvalue weighted by Gasteiger charge is -2.36. The monoisotopic (exact) mass is 389 g/mol. The number of piperazine rings is 1. The van der Waals surface area contributed by atoms with Gasteiger partial charge in [0.05, 0.1) is 19.3 Å². The van der Waals surface area contributed by atoms with Gasteiger partial charge in [0.25, 0.3) is 0 Å². The van der Waals surface area contributed by atoms with Crippen LogP contribution in [0.15, 0.2) is 42.5 Å². The number of carbonyl (C=O) groups excluding carboxylic acids is 1. The molecule has 0 aromatic heterocycles. The van der Waals surface area contributed by atoms with Gasteiger partial charge in [0.1, 0.15) is 5.75 Å². The number of aryl methyl sites for hydroxylation is 2. The number of nitrogens with one attached hydrogen (secondary N) is 1. The van der Waals surface area contributed by atoms with Gasteiger partial charge in [-0.2, -0.15) is 0 Å². The van der Waals surface area contributed by atoms with Crippen molar-refractivity contribution in [2.24, 2.45) is 0 Å². The molecule has 1 aliphatic rings. The molecule has 0 bridgehead atoms. The van der Waals surface area contributed by atoms with E-state index in [0.717, 1.165) is 54.4 Å². The van der Waals surface area contributed by atoms with Crippen molar-refractivity contribution in [2.45, 2.75) is 13.8 Å². The number of hydrogen-bond acceptors (Lipinski definition) is 4. The van der Waals surface area contributed by atoms with Crippen LogP contribution in [0.25, 0.3) is 0 Å². The first kappa shape index (κ1) is 21.1. The molecule has 0 aliphatic carbocycles. The summed E-state index contributed by atoms with van der Waals surface area (Å²) in [5, 5.41) is 3.05. The number of ether oxygens (including phenoxy) is 1. The molecule has 3 rings (SSSR count). The number of halogens is 1. The molecule has 1 heterocycles. The van der Waals surface area contributed by atoms with Crippen LogP contribution >= 0.6 is 12.4 Å². The van der Waals surface area contributed by atoms with Gasteiger partial charge in [0.2, 0.25) is 5.91 Å². The van der Waals surface area contributed by atoms with Crippen LogP contribution in [0.2, 0.25) is 0 Å². The van der Waals surface area contributed by atoms with E-state index in [2.05, 4.69) is 27.2 Å². The van der Waals surface area contributed by atoms with Crippen LogP contribution in [0, 0.1) is 13.8 Å². The normalized spacial score (nSPS) is 14.4. The van der Waals surface area contributed by atoms with E-state index in [1.807, 2.05) is 44.2 Å². The third-order valence-corrected chi connectivity index (χ3v) is 4.83. The highest BCUT2D eigenvalue weighted by molar-refractivity contribution is 5.93. The lowest BCUT2D eigenvalue weighted by Crippen LogP contribution is -2.48. The van der Waals surface area contributed by atoms with Crippen LogP contribution in [0.5, 0.6) is 5.75 Å². The summed E-state index contributed by atoms with van der Waals surface area (Å²) < 4.78 is 5.46. The number of carbonyl (C=O) groups is 1. The van der Waals surface area contributed by atoms with Gasteiger partial charge < -0.3 is 15.0 Å². The van der Waals surface area contributed by atoms with Crippen molar-refractivity contribution in [3.05, 3.63) is 53.6 Å². The van der Waals surface area contributed by atoms with Crippen molar-refractivity contribution < 1.29 is 9.53 Å². The van der Waals surface area contributed by atoms with Gasteiger partial charge in [-0.1, -0.05) is 24.3 Å². The summed E-state index contributed by atoms with van der Waals surface area (Å²) in [5.41, 5.74) is 4.26. The number of nitrogens with zero attached hydrogens (tertiary/aromatic N) is 2. The molecular formula is C21H28ClN3O2. The van der Waals surface area contributed by atoms with Crippen molar-refractivity contribution in [3.63, 3.8) is 0 Å². The first-order valence-corrected chi connectivity index (χ1v) is 9.04. The lowest BCUT2D eigenvalue weighted by atomic mass is 10.1. The number of benzene rings is 2. The molecule has 27 heavy (non-hydrogen) atoms. The van der Waals surface area contributed by atoms with E-state index in [0.29, 0.717) is 6.54 Å². The number of para-hydroxylation sites is 2. The summed E-state index contributed by atoms with van der Waals surface area (Å²) >= 11 is 0. The summed E-state index contributed by atoms with van der Waals surface area (Å²) in [7, 11) is 1.70. The van der Waals surface area contributed by atoms with Crippen molar-refractivity contribution in [1.82, 2.24) is 4.90 Å². The van der Waals surface area contributed by atoms with Crippen molar-refractivity contribution >= 4 is 29.7 Å². The standard InChI is InChI=1S/C21H27N3O2.ClH/c1-16-8-9-17(2)18(14-16)22-21(25)15-23-10-12-24(13-11-23)19-6-4-5-7-20(19)26-3;/h4-9,14H,10-13,15H2,1-3H3,(H,22,25);1H. The molecule has 5 nitrogen and oxygen atoms in total. The molecule has 1 fully saturated rings. The van der Waals surface area contributed by atoms with E-state index in [1.165, 1.54) is 0 Å². The number of rotatable bonds is 5. The molecule has 1 amide bonds. The number of amides is 1. The molecular weight excluding hydrogens is 362 g/mol. The molecule has 1 aliphatic heterocycles. The predicted molar refractivity (Wildman–Crippen MR) is 113 cm³/mol. The zero-order valence-electron chi connectivity index (χ0n) is 16.2. The Balaban J connectivity index is 0.00000261. The fourth-order valence-corrected chi connectivity index (χ4v) is 3.30. The average molecular weight is 390 g/mol. The van der Waals surface area contributed by atoms with Crippen LogP contribution in [0.4, 0.5) is 11.4 Å². The van der Waals surface area contributed by atoms with Gasteiger partial charge in [-0.05, 0) is 43.2 Å². The molecule has 0 spiro atoms. The summed E-state index contributed by atoms with van der Waals surface area (Å²) in [5.74, 6) is 0.943. The minimum atomic E-state index is 0. The minimum absolute atomic E-state index is 0. The van der Waals surface area contributed by atoms with Gasteiger partial charge in [-0.3, -0.25) is 9.69 Å². The SMILES string of the molecule is COc1ccccc1N1CCN(CC(=O)Nc2cc(C)ccc2C)CC1.Cl. The zero-order chi connectivity index (χ0) is 18.5. The van der Waals surface area contributed by atoms with E-state index in [-0.39, 0.29) is 18.3 Å². The summed E-state index contributed by atoms with van der Waals surface area (Å²) in [6.07, 6.45) is 0. The van der Waals surface area contributed by atoms with Crippen molar-refractivity contribution in [1.29, 1.82) is 0 Å². The van der Waals surface area contributed by atoms with E-state index in [9.17, 15) is 4.79 Å². The minimum Gasteiger partial charge on any atom is -0.495 e. The predicted octanol–water partition coefficient (Wildman–Crippen LogP) is 3.49. The molecule has 146 valence electrons. The summed E-state index contributed by atoms with van der Waals surface area (Å²) in [6, 6.07) is 14.2. The molecule has 6 heteroatoms. The van der Waals surface area contributed by atoms with Crippen molar-refractivity contribution in [2.75, 3.05) is 50.1 Å². The van der Waals surface area contributed by atoms with Gasteiger partial charge in [-0.25, -0.2) is 0 Å². The maximum absolute atomic E-state index is 12.4. The Morgan fingerprint density at radius 1 is 1.07 bits per heavy atom. The first-order valence-electron chi connectivity index (χ1n) is 9.04. The molecule has 0 atom stereocenters. The van der Waals surface area contributed by atoms with Crippen LogP contribution in [-0.4, -0.2) is 50.6 Å². The Kier molecular flexibility index (Phi) is 7.51. The largest absolute Gasteiger partial charge is 0.495 e. The van der Waals surface area contributed by atoms with E-state index >= 15 is 0 Å². The van der Waals surface area contributed by atoms with Gasteiger partial charge in [0.15, 0.2) is 0 Å². The highest BCUT2D eigenvalue weighted by atomic mass is 35.5. The summed E-state index contributed by atoms with van der Waals surface area (Å²) in [4.78, 5) is 16.9. The Bertz CT molecular complexity index is 774. The second-order valence-corrected chi connectivity index (χ2v) is 6.80. The van der Waals surface area contributed by atoms with Crippen LogP contribution in [-0.2, 0) is 4.79 Å².